The first-order chi connectivity index (χ1) is 11.3. The topological polar surface area (TPSA) is 0 Å². The highest BCUT2D eigenvalue weighted by Gasteiger charge is 2.83. The van der Waals surface area contributed by atoms with E-state index in [1.54, 1.807) is 0 Å². The summed E-state index contributed by atoms with van der Waals surface area (Å²) in [5, 5.41) is 0. The maximum atomic E-state index is 13.3. The Bertz CT molecular complexity index is 562. The van der Waals surface area contributed by atoms with Crippen LogP contribution in [0.2, 0.25) is 0 Å². The first-order valence-electron chi connectivity index (χ1n) is 5.40. The molecule has 0 unspecified atom stereocenters. The van der Waals surface area contributed by atoms with Crippen molar-refractivity contribution >= 4 is 0 Å². The van der Waals surface area contributed by atoms with Gasteiger partial charge >= 0.3 is 42.2 Å². The predicted octanol–water partition coefficient (Wildman–Crippen LogP) is 6.44. The molecule has 162 valence electrons. The molecule has 0 aliphatic heterocycles. The van der Waals surface area contributed by atoms with Crippen molar-refractivity contribution in [1.29, 1.82) is 0 Å². The third kappa shape index (κ3) is 3.88. The molecule has 0 aromatic heterocycles. The fraction of sp³-hybridized carbons (Fsp3) is 0.778. The Balaban J connectivity index is 7.35. The molecule has 0 heterocycles. The molecule has 0 aliphatic carbocycles. The van der Waals surface area contributed by atoms with Crippen molar-refractivity contribution in [3.05, 3.63) is 11.4 Å². The molecule has 0 amide bonds. The predicted molar refractivity (Wildman–Crippen MR) is 46.1 cm³/mol. The van der Waals surface area contributed by atoms with Gasteiger partial charge in [0, 0.05) is 0 Å². The molecule has 27 heavy (non-hydrogen) atoms. The van der Waals surface area contributed by atoms with Crippen LogP contribution in [0, 0.1) is 0 Å². The van der Waals surface area contributed by atoms with Crippen molar-refractivity contribution < 1.29 is 79.0 Å². The van der Waals surface area contributed by atoms with Crippen LogP contribution in [0.4, 0.5) is 79.0 Å². The molecule has 0 atom stereocenters. The molecule has 0 nitrogen and oxygen atoms in total. The Hall–Kier alpha value is -1.52. The standard InChI is InChI=1S/C9F18/c10-2(4(12,13)6(17,18)9(25,26)27)1(5(14,15)16)3(11,7(19,20)21)8(22,23)24. The second-order valence-electron chi connectivity index (χ2n) is 4.49. The summed E-state index contributed by atoms with van der Waals surface area (Å²) in [5.74, 6) is -21.6. The molecular weight excluding hydrogens is 450 g/mol. The van der Waals surface area contributed by atoms with Crippen LogP contribution in [-0.2, 0) is 0 Å². The molecule has 0 fully saturated rings. The van der Waals surface area contributed by atoms with Gasteiger partial charge in [-0.15, -0.1) is 0 Å². The van der Waals surface area contributed by atoms with Gasteiger partial charge in [0.1, 0.15) is 5.57 Å². The molecule has 0 saturated carbocycles. The summed E-state index contributed by atoms with van der Waals surface area (Å²) in [7, 11) is 0. The maximum absolute atomic E-state index is 13.3. The number of halogens is 18. The Morgan fingerprint density at radius 3 is 0.926 bits per heavy atom. The number of hydrogen-bond donors (Lipinski definition) is 0. The van der Waals surface area contributed by atoms with E-state index in [2.05, 4.69) is 0 Å². The highest BCUT2D eigenvalue weighted by molar-refractivity contribution is 5.35. The van der Waals surface area contributed by atoms with Gasteiger partial charge < -0.3 is 0 Å². The minimum Gasteiger partial charge on any atom is -0.218 e. The number of allylic oxidation sites excluding steroid dienone is 2. The molecule has 0 spiro atoms. The van der Waals surface area contributed by atoms with Crippen LogP contribution >= 0.6 is 0 Å². The molecule has 0 aliphatic rings. The van der Waals surface area contributed by atoms with Crippen LogP contribution < -0.4 is 0 Å². The molecule has 0 rings (SSSR count). The van der Waals surface area contributed by atoms with E-state index in [4.69, 9.17) is 0 Å². The quantitative estimate of drug-likeness (QED) is 0.435. The summed E-state index contributed by atoms with van der Waals surface area (Å²) in [4.78, 5) is 0. The Morgan fingerprint density at radius 1 is 0.444 bits per heavy atom. The van der Waals surface area contributed by atoms with Crippen LogP contribution in [-0.4, -0.2) is 42.2 Å². The Labute approximate surface area is 134 Å². The summed E-state index contributed by atoms with van der Waals surface area (Å²) in [6.45, 7) is 0. The average Bonchev–Trinajstić information content (AvgIpc) is 2.32. The average molecular weight is 450 g/mol. The first-order valence-corrected chi connectivity index (χ1v) is 5.40. The van der Waals surface area contributed by atoms with E-state index in [-0.39, 0.29) is 0 Å². The molecular formula is C9F18. The minimum absolute atomic E-state index is 5.66. The van der Waals surface area contributed by atoms with Crippen molar-refractivity contribution in [3.63, 3.8) is 0 Å². The summed E-state index contributed by atoms with van der Waals surface area (Å²) in [6, 6.07) is 0. The van der Waals surface area contributed by atoms with Gasteiger partial charge in [-0.05, 0) is 0 Å². The van der Waals surface area contributed by atoms with Gasteiger partial charge in [-0.3, -0.25) is 0 Å². The smallest absolute Gasteiger partial charge is 0.218 e. The lowest BCUT2D eigenvalue weighted by atomic mass is 9.89. The zero-order valence-electron chi connectivity index (χ0n) is 11.3. The SMILES string of the molecule is FC(=C(C(F)(F)F)C(F)(C(F)(F)F)C(F)(F)F)C(F)(F)C(F)(F)C(F)(F)F. The van der Waals surface area contributed by atoms with E-state index in [0.29, 0.717) is 0 Å². The Kier molecular flexibility index (Phi) is 5.90. The Morgan fingerprint density at radius 2 is 0.741 bits per heavy atom. The van der Waals surface area contributed by atoms with Crippen molar-refractivity contribution in [3.8, 4) is 0 Å². The lowest BCUT2D eigenvalue weighted by Crippen LogP contribution is -2.60. The van der Waals surface area contributed by atoms with Gasteiger partial charge in [-0.2, -0.15) is 70.2 Å². The van der Waals surface area contributed by atoms with Crippen molar-refractivity contribution in [2.24, 2.45) is 0 Å². The van der Waals surface area contributed by atoms with Gasteiger partial charge in [-0.1, -0.05) is 0 Å². The number of hydrogen-bond acceptors (Lipinski definition) is 0. The lowest BCUT2D eigenvalue weighted by Gasteiger charge is -2.35. The van der Waals surface area contributed by atoms with Crippen LogP contribution in [0.3, 0.4) is 0 Å². The number of alkyl halides is 17. The molecule has 0 aromatic carbocycles. The molecule has 0 saturated heterocycles. The monoisotopic (exact) mass is 450 g/mol. The number of rotatable bonds is 3. The third-order valence-electron chi connectivity index (χ3n) is 2.65. The highest BCUT2D eigenvalue weighted by atomic mass is 19.4. The lowest BCUT2D eigenvalue weighted by molar-refractivity contribution is -0.353. The van der Waals surface area contributed by atoms with E-state index in [1.165, 1.54) is 0 Å². The molecule has 0 radical (unpaired) electrons. The zero-order valence-corrected chi connectivity index (χ0v) is 11.3. The van der Waals surface area contributed by atoms with E-state index < -0.39 is 53.6 Å². The summed E-state index contributed by atoms with van der Waals surface area (Å²) in [6.07, 6.45) is -31.3. The molecule has 18 heteroatoms. The second-order valence-corrected chi connectivity index (χ2v) is 4.49. The van der Waals surface area contributed by atoms with Crippen LogP contribution in [0.1, 0.15) is 0 Å². The maximum Gasteiger partial charge on any atom is 0.460 e. The van der Waals surface area contributed by atoms with Crippen LogP contribution in [0.15, 0.2) is 11.4 Å². The summed E-state index contributed by atoms with van der Waals surface area (Å²) in [5.41, 5.74) is -13.8. The normalized spacial score (nSPS) is 17.1. The fourth-order valence-corrected chi connectivity index (χ4v) is 1.39. The van der Waals surface area contributed by atoms with Crippen molar-refractivity contribution in [1.82, 2.24) is 0 Å². The zero-order chi connectivity index (χ0) is 22.7. The van der Waals surface area contributed by atoms with Crippen LogP contribution in [0.5, 0.6) is 0 Å². The van der Waals surface area contributed by atoms with Gasteiger partial charge in [-0.25, -0.2) is 8.78 Å². The second kappa shape index (κ2) is 6.25. The van der Waals surface area contributed by atoms with E-state index in [1.807, 2.05) is 0 Å². The minimum atomic E-state index is -8.10. The van der Waals surface area contributed by atoms with E-state index >= 15 is 0 Å². The van der Waals surface area contributed by atoms with Crippen molar-refractivity contribution in [2.45, 2.75) is 42.2 Å². The highest BCUT2D eigenvalue weighted by Crippen LogP contribution is 2.59. The third-order valence-corrected chi connectivity index (χ3v) is 2.65. The van der Waals surface area contributed by atoms with E-state index in [9.17, 15) is 79.0 Å². The van der Waals surface area contributed by atoms with Gasteiger partial charge in [0.05, 0.1) is 0 Å². The first kappa shape index (κ1) is 25.5. The van der Waals surface area contributed by atoms with Crippen molar-refractivity contribution in [2.75, 3.05) is 0 Å². The molecule has 0 N–H and O–H groups in total. The molecule has 0 bridgehead atoms. The largest absolute Gasteiger partial charge is 0.460 e. The summed E-state index contributed by atoms with van der Waals surface area (Å²) < 4.78 is 223. The van der Waals surface area contributed by atoms with Gasteiger partial charge in [0.15, 0.2) is 5.83 Å². The fourth-order valence-electron chi connectivity index (χ4n) is 1.39. The molecule has 0 aromatic rings. The van der Waals surface area contributed by atoms with Gasteiger partial charge in [0.2, 0.25) is 0 Å². The summed E-state index contributed by atoms with van der Waals surface area (Å²) >= 11 is 0. The van der Waals surface area contributed by atoms with Gasteiger partial charge in [0.25, 0.3) is 0 Å². The van der Waals surface area contributed by atoms with Crippen LogP contribution in [0.25, 0.3) is 0 Å². The van der Waals surface area contributed by atoms with E-state index in [0.717, 1.165) is 0 Å².